The van der Waals surface area contributed by atoms with E-state index < -0.39 is 90.0 Å². The molecule has 240 valence electrons. The molecule has 7 nitrogen and oxygen atoms in total. The lowest BCUT2D eigenvalue weighted by molar-refractivity contribution is -0.143. The number of urea groups is 1. The molecule has 17 heteroatoms. The molecular formula is C27H23F9N2O5S. The molecule has 0 bridgehead atoms. The van der Waals surface area contributed by atoms with Crippen molar-refractivity contribution in [3.8, 4) is 22.6 Å². The first-order chi connectivity index (χ1) is 19.9. The van der Waals surface area contributed by atoms with Crippen LogP contribution in [0.1, 0.15) is 49.4 Å². The van der Waals surface area contributed by atoms with Gasteiger partial charge in [-0.3, -0.25) is 4.55 Å². The predicted molar refractivity (Wildman–Crippen MR) is 140 cm³/mol. The second kappa shape index (κ2) is 11.5. The summed E-state index contributed by atoms with van der Waals surface area (Å²) >= 11 is 0. The van der Waals surface area contributed by atoms with Crippen LogP contribution in [0, 0.1) is 0 Å². The summed E-state index contributed by atoms with van der Waals surface area (Å²) < 4.78 is 163. The van der Waals surface area contributed by atoms with Gasteiger partial charge in [0.1, 0.15) is 10.6 Å². The van der Waals surface area contributed by atoms with Crippen LogP contribution in [0.25, 0.3) is 11.1 Å². The first-order valence-electron chi connectivity index (χ1n) is 12.3. The highest BCUT2D eigenvalue weighted by Crippen LogP contribution is 2.50. The molecule has 0 fully saturated rings. The monoisotopic (exact) mass is 658 g/mol. The number of benzene rings is 3. The molecule has 0 spiro atoms. The lowest BCUT2D eigenvalue weighted by atomic mass is 9.77. The number of ether oxygens (including phenoxy) is 1. The largest absolute Gasteiger partial charge is 0.454 e. The number of alkyl halides is 9. The topological polar surface area (TPSA) is 119 Å². The van der Waals surface area contributed by atoms with Crippen LogP contribution in [0.4, 0.5) is 50.0 Å². The average Bonchev–Trinajstić information content (AvgIpc) is 2.86. The molecule has 0 aromatic heterocycles. The summed E-state index contributed by atoms with van der Waals surface area (Å²) in [5, 5.41) is 1.96. The van der Waals surface area contributed by atoms with E-state index in [-0.39, 0.29) is 18.1 Å². The van der Waals surface area contributed by atoms with Crippen LogP contribution in [0.3, 0.4) is 0 Å². The SMILES string of the molecule is CCC(C)(C)c1cc(S(=O)(=O)O)c(Oc2ccc(C(F)(F)F)cc2)c(NC(N)=O)c1-c1cc(C(F)(F)F)cc(C(F)(F)F)c1. The highest BCUT2D eigenvalue weighted by molar-refractivity contribution is 7.86. The van der Waals surface area contributed by atoms with Crippen molar-refractivity contribution in [1.82, 2.24) is 0 Å². The Hall–Kier alpha value is -3.99. The molecule has 0 unspecified atom stereocenters. The Morgan fingerprint density at radius 3 is 1.70 bits per heavy atom. The van der Waals surface area contributed by atoms with Crippen molar-refractivity contribution in [2.24, 2.45) is 5.73 Å². The Morgan fingerprint density at radius 2 is 1.32 bits per heavy atom. The van der Waals surface area contributed by atoms with Crippen LogP contribution < -0.4 is 15.8 Å². The van der Waals surface area contributed by atoms with E-state index >= 15 is 0 Å². The van der Waals surface area contributed by atoms with Gasteiger partial charge < -0.3 is 15.8 Å². The molecule has 4 N–H and O–H groups in total. The van der Waals surface area contributed by atoms with Crippen molar-refractivity contribution < 1.29 is 62.0 Å². The zero-order valence-electron chi connectivity index (χ0n) is 22.8. The second-order valence-electron chi connectivity index (χ2n) is 10.1. The van der Waals surface area contributed by atoms with Crippen LogP contribution in [0.2, 0.25) is 0 Å². The minimum atomic E-state index is -5.35. The predicted octanol–water partition coefficient (Wildman–Crippen LogP) is 8.63. The van der Waals surface area contributed by atoms with Gasteiger partial charge in [0, 0.05) is 5.56 Å². The molecule has 3 aromatic rings. The molecule has 3 rings (SSSR count). The van der Waals surface area contributed by atoms with E-state index in [1.807, 2.05) is 5.32 Å². The standard InChI is InChI=1S/C27H23F9N2O5S/c1-4-24(2,3)18-12-19(44(40,41)42)22(43-17-7-5-14(6-8-17)25(28,29)30)21(38-23(37)39)20(18)13-9-15(26(31,32)33)11-16(10-13)27(34,35)36/h5-12H,4H2,1-3H3,(H3,37,38,39)(H,40,41,42). The maximum Gasteiger partial charge on any atom is 0.416 e. The molecular weight excluding hydrogens is 635 g/mol. The number of primary amides is 1. The first-order valence-corrected chi connectivity index (χ1v) is 13.7. The number of amides is 2. The summed E-state index contributed by atoms with van der Waals surface area (Å²) in [5.41, 5.74) is -3.22. The van der Waals surface area contributed by atoms with E-state index in [2.05, 4.69) is 0 Å². The van der Waals surface area contributed by atoms with Gasteiger partial charge in [-0.2, -0.15) is 47.9 Å². The van der Waals surface area contributed by atoms with Crippen molar-refractivity contribution in [3.63, 3.8) is 0 Å². The molecule has 3 aromatic carbocycles. The number of hydrogen-bond acceptors (Lipinski definition) is 4. The zero-order valence-corrected chi connectivity index (χ0v) is 23.6. The van der Waals surface area contributed by atoms with Crippen LogP contribution in [0.15, 0.2) is 53.4 Å². The van der Waals surface area contributed by atoms with Crippen LogP contribution in [-0.4, -0.2) is 19.0 Å². The number of rotatable bonds is 7. The lowest BCUT2D eigenvalue weighted by Crippen LogP contribution is -2.24. The number of hydrogen-bond donors (Lipinski definition) is 3. The van der Waals surface area contributed by atoms with Crippen molar-refractivity contribution in [1.29, 1.82) is 0 Å². The van der Waals surface area contributed by atoms with Gasteiger partial charge in [0.2, 0.25) is 0 Å². The highest BCUT2D eigenvalue weighted by atomic mass is 32.2. The van der Waals surface area contributed by atoms with Gasteiger partial charge in [0.25, 0.3) is 10.1 Å². The van der Waals surface area contributed by atoms with Gasteiger partial charge in [-0.1, -0.05) is 20.8 Å². The molecule has 0 aliphatic heterocycles. The third kappa shape index (κ3) is 7.56. The summed E-state index contributed by atoms with van der Waals surface area (Å²) in [5.74, 6) is -1.58. The van der Waals surface area contributed by atoms with Crippen LogP contribution in [0.5, 0.6) is 11.5 Å². The Balaban J connectivity index is 2.58. The smallest absolute Gasteiger partial charge is 0.416 e. The fourth-order valence-corrected chi connectivity index (χ4v) is 4.77. The summed E-state index contributed by atoms with van der Waals surface area (Å²) in [7, 11) is -5.35. The number of nitrogens with two attached hydrogens (primary N) is 1. The highest BCUT2D eigenvalue weighted by Gasteiger charge is 2.39. The van der Waals surface area contributed by atoms with E-state index in [1.165, 1.54) is 13.8 Å². The molecule has 0 saturated carbocycles. The number of anilines is 1. The van der Waals surface area contributed by atoms with E-state index in [0.717, 1.165) is 18.2 Å². The third-order valence-corrected chi connectivity index (χ3v) is 7.52. The number of halogens is 9. The summed E-state index contributed by atoms with van der Waals surface area (Å²) in [6, 6.07) is 2.24. The zero-order chi connectivity index (χ0) is 33.6. The van der Waals surface area contributed by atoms with Crippen molar-refractivity contribution in [2.45, 2.75) is 56.0 Å². The van der Waals surface area contributed by atoms with Gasteiger partial charge in [-0.25, -0.2) is 4.79 Å². The van der Waals surface area contributed by atoms with Crippen molar-refractivity contribution >= 4 is 21.8 Å². The molecule has 0 heterocycles. The number of nitrogens with one attached hydrogen (secondary N) is 1. The maximum atomic E-state index is 13.8. The number of carbonyl (C=O) groups excluding carboxylic acids is 1. The van der Waals surface area contributed by atoms with E-state index in [9.17, 15) is 57.3 Å². The fraction of sp³-hybridized carbons (Fsp3) is 0.296. The molecule has 0 radical (unpaired) electrons. The minimum absolute atomic E-state index is 0.0884. The Kier molecular flexibility index (Phi) is 9.02. The van der Waals surface area contributed by atoms with Gasteiger partial charge >= 0.3 is 24.6 Å². The van der Waals surface area contributed by atoms with Gasteiger partial charge in [0.15, 0.2) is 5.75 Å². The molecule has 0 atom stereocenters. The molecule has 2 amide bonds. The van der Waals surface area contributed by atoms with Crippen molar-refractivity contribution in [2.75, 3.05) is 5.32 Å². The van der Waals surface area contributed by atoms with Gasteiger partial charge in [-0.15, -0.1) is 0 Å². The normalized spacial score (nSPS) is 13.1. The Bertz CT molecular complexity index is 1650. The number of carbonyl (C=O) groups is 1. The third-order valence-electron chi connectivity index (χ3n) is 6.66. The lowest BCUT2D eigenvalue weighted by Gasteiger charge is -2.30. The first kappa shape index (κ1) is 34.5. The molecule has 44 heavy (non-hydrogen) atoms. The molecule has 0 saturated heterocycles. The van der Waals surface area contributed by atoms with E-state index in [0.29, 0.717) is 24.3 Å². The minimum Gasteiger partial charge on any atom is -0.454 e. The van der Waals surface area contributed by atoms with Crippen LogP contribution >= 0.6 is 0 Å². The van der Waals surface area contributed by atoms with Gasteiger partial charge in [0.05, 0.1) is 22.4 Å². The quantitative estimate of drug-likeness (QED) is 0.174. The van der Waals surface area contributed by atoms with Crippen LogP contribution in [-0.2, 0) is 34.1 Å². The Labute approximate surface area is 244 Å². The summed E-state index contributed by atoms with van der Waals surface area (Å²) in [6.07, 6.45) is -15.3. The van der Waals surface area contributed by atoms with E-state index in [4.69, 9.17) is 10.5 Å². The molecule has 0 aliphatic rings. The fourth-order valence-electron chi connectivity index (χ4n) is 4.13. The van der Waals surface area contributed by atoms with Crippen molar-refractivity contribution in [3.05, 3.63) is 70.8 Å². The maximum absolute atomic E-state index is 13.8. The summed E-state index contributed by atoms with van der Waals surface area (Å²) in [4.78, 5) is 11.0. The second-order valence-corrected chi connectivity index (χ2v) is 11.5. The molecule has 0 aliphatic carbocycles. The Morgan fingerprint density at radius 1 is 0.841 bits per heavy atom. The summed E-state index contributed by atoms with van der Waals surface area (Å²) in [6.45, 7) is 4.45. The van der Waals surface area contributed by atoms with Gasteiger partial charge in [-0.05, 0) is 71.5 Å². The van der Waals surface area contributed by atoms with E-state index in [1.54, 1.807) is 6.92 Å². The average molecular weight is 659 g/mol.